The minimum Gasteiger partial charge on any atom is -0.395 e. The van der Waals surface area contributed by atoms with E-state index < -0.39 is 0 Å². The third-order valence-corrected chi connectivity index (χ3v) is 3.81. The summed E-state index contributed by atoms with van der Waals surface area (Å²) in [5.74, 6) is 0.0130. The van der Waals surface area contributed by atoms with E-state index in [1.807, 2.05) is 27.0 Å². The number of aliphatic hydroxyl groups is 1. The lowest BCUT2D eigenvalue weighted by Crippen LogP contribution is -2.45. The molecule has 3 atom stereocenters. The van der Waals surface area contributed by atoms with Crippen LogP contribution >= 0.6 is 11.8 Å². The van der Waals surface area contributed by atoms with Crippen molar-refractivity contribution in [1.29, 1.82) is 0 Å². The van der Waals surface area contributed by atoms with E-state index in [4.69, 9.17) is 5.11 Å². The van der Waals surface area contributed by atoms with Crippen molar-refractivity contribution < 1.29 is 9.90 Å². The van der Waals surface area contributed by atoms with Crippen LogP contribution in [0, 0.1) is 0 Å². The van der Waals surface area contributed by atoms with E-state index in [9.17, 15) is 4.79 Å². The fraction of sp³-hybridized carbons (Fsp3) is 0.909. The lowest BCUT2D eigenvalue weighted by atomic mass is 10.2. The van der Waals surface area contributed by atoms with Crippen LogP contribution < -0.4 is 10.6 Å². The van der Waals surface area contributed by atoms with Crippen molar-refractivity contribution in [1.82, 2.24) is 10.6 Å². The molecule has 0 radical (unpaired) electrons. The molecule has 96 valence electrons. The first-order valence-corrected chi connectivity index (χ1v) is 7.00. The summed E-state index contributed by atoms with van der Waals surface area (Å²) in [6, 6.07) is 0.349. The second-order valence-electron chi connectivity index (χ2n) is 4.00. The highest BCUT2D eigenvalue weighted by atomic mass is 32.2. The molecular formula is C11H24N2O2S. The Morgan fingerprint density at radius 2 is 2.06 bits per heavy atom. The van der Waals surface area contributed by atoms with Gasteiger partial charge in [0.25, 0.3) is 0 Å². The molecule has 0 aromatic heterocycles. The van der Waals surface area contributed by atoms with E-state index in [-0.39, 0.29) is 29.8 Å². The molecule has 4 nitrogen and oxygen atoms in total. The number of hydrogen-bond donors (Lipinski definition) is 3. The lowest BCUT2D eigenvalue weighted by molar-refractivity contribution is -0.121. The Bertz CT molecular complexity index is 198. The average Bonchev–Trinajstić information content (AvgIpc) is 2.27. The SMILES string of the molecule is CCC(C)NC(=O)CNC(C)C(CO)SC. The van der Waals surface area contributed by atoms with Gasteiger partial charge in [0.1, 0.15) is 0 Å². The second-order valence-corrected chi connectivity index (χ2v) is 5.08. The standard InChI is InChI=1S/C11H24N2O2S/c1-5-8(2)13-11(15)6-12-9(3)10(7-14)16-4/h8-10,12,14H,5-7H2,1-4H3,(H,13,15). The van der Waals surface area contributed by atoms with Crippen molar-refractivity contribution in [3.8, 4) is 0 Å². The van der Waals surface area contributed by atoms with Crippen molar-refractivity contribution in [3.05, 3.63) is 0 Å². The predicted molar refractivity (Wildman–Crippen MR) is 69.7 cm³/mol. The van der Waals surface area contributed by atoms with Crippen molar-refractivity contribution in [2.45, 2.75) is 44.5 Å². The van der Waals surface area contributed by atoms with E-state index in [1.54, 1.807) is 11.8 Å². The molecule has 16 heavy (non-hydrogen) atoms. The Balaban J connectivity index is 3.82. The highest BCUT2D eigenvalue weighted by Crippen LogP contribution is 2.09. The van der Waals surface area contributed by atoms with Crippen molar-refractivity contribution in [3.63, 3.8) is 0 Å². The van der Waals surface area contributed by atoms with Crippen molar-refractivity contribution >= 4 is 17.7 Å². The molecule has 1 amide bonds. The number of aliphatic hydroxyl groups excluding tert-OH is 1. The van der Waals surface area contributed by atoms with Gasteiger partial charge in [0, 0.05) is 17.3 Å². The molecule has 0 aliphatic carbocycles. The molecule has 0 saturated heterocycles. The number of rotatable bonds is 8. The Labute approximate surface area is 103 Å². The van der Waals surface area contributed by atoms with Gasteiger partial charge in [0.05, 0.1) is 13.2 Å². The number of carbonyl (C=O) groups excluding carboxylic acids is 1. The van der Waals surface area contributed by atoms with Gasteiger partial charge in [-0.05, 0) is 26.5 Å². The highest BCUT2D eigenvalue weighted by molar-refractivity contribution is 7.99. The minimum absolute atomic E-state index is 0.0130. The Morgan fingerprint density at radius 1 is 1.44 bits per heavy atom. The van der Waals surface area contributed by atoms with Crippen LogP contribution in [0.1, 0.15) is 27.2 Å². The first-order chi connectivity index (χ1) is 7.54. The molecule has 3 N–H and O–H groups in total. The molecule has 0 aliphatic rings. The molecule has 0 spiro atoms. The number of thioether (sulfide) groups is 1. The zero-order valence-electron chi connectivity index (χ0n) is 10.6. The first-order valence-electron chi connectivity index (χ1n) is 5.71. The van der Waals surface area contributed by atoms with Crippen LogP contribution in [-0.2, 0) is 4.79 Å². The van der Waals surface area contributed by atoms with Gasteiger partial charge in [-0.2, -0.15) is 11.8 Å². The molecule has 3 unspecified atom stereocenters. The van der Waals surface area contributed by atoms with Gasteiger partial charge in [0.15, 0.2) is 0 Å². The number of amides is 1. The summed E-state index contributed by atoms with van der Waals surface area (Å²) in [6.45, 7) is 6.44. The number of hydrogen-bond acceptors (Lipinski definition) is 4. The zero-order valence-corrected chi connectivity index (χ0v) is 11.4. The average molecular weight is 248 g/mol. The topological polar surface area (TPSA) is 61.4 Å². The van der Waals surface area contributed by atoms with E-state index >= 15 is 0 Å². The first kappa shape index (κ1) is 15.7. The number of carbonyl (C=O) groups is 1. The summed E-state index contributed by atoms with van der Waals surface area (Å²) < 4.78 is 0. The molecule has 0 fully saturated rings. The maximum Gasteiger partial charge on any atom is 0.234 e. The third-order valence-electron chi connectivity index (χ3n) is 2.64. The summed E-state index contributed by atoms with van der Waals surface area (Å²) >= 11 is 1.60. The van der Waals surface area contributed by atoms with E-state index in [2.05, 4.69) is 10.6 Å². The Morgan fingerprint density at radius 3 is 2.50 bits per heavy atom. The summed E-state index contributed by atoms with van der Waals surface area (Å²) in [7, 11) is 0. The van der Waals surface area contributed by atoms with E-state index in [0.717, 1.165) is 6.42 Å². The van der Waals surface area contributed by atoms with Crippen molar-refractivity contribution in [2.24, 2.45) is 0 Å². The summed E-state index contributed by atoms with van der Waals surface area (Å²) in [4.78, 5) is 11.5. The summed E-state index contributed by atoms with van der Waals surface area (Å²) in [5, 5.41) is 15.2. The fourth-order valence-corrected chi connectivity index (χ4v) is 1.90. The largest absolute Gasteiger partial charge is 0.395 e. The molecule has 0 heterocycles. The summed E-state index contributed by atoms with van der Waals surface area (Å²) in [5.41, 5.74) is 0. The minimum atomic E-state index is 0.0130. The Kier molecular flexibility index (Phi) is 8.70. The maximum absolute atomic E-state index is 11.5. The summed E-state index contributed by atoms with van der Waals surface area (Å²) in [6.07, 6.45) is 2.89. The van der Waals surface area contributed by atoms with Crippen LogP contribution in [-0.4, -0.2) is 47.8 Å². The monoisotopic (exact) mass is 248 g/mol. The molecule has 0 saturated carbocycles. The van der Waals surface area contributed by atoms with Crippen LogP contribution in [0.15, 0.2) is 0 Å². The van der Waals surface area contributed by atoms with E-state index in [0.29, 0.717) is 6.54 Å². The molecule has 0 bridgehead atoms. The van der Waals surface area contributed by atoms with Gasteiger partial charge in [-0.15, -0.1) is 0 Å². The lowest BCUT2D eigenvalue weighted by Gasteiger charge is -2.21. The van der Waals surface area contributed by atoms with Crippen molar-refractivity contribution in [2.75, 3.05) is 19.4 Å². The Hall–Kier alpha value is -0.260. The van der Waals surface area contributed by atoms with Gasteiger partial charge in [-0.3, -0.25) is 4.79 Å². The van der Waals surface area contributed by atoms with Gasteiger partial charge in [0.2, 0.25) is 5.91 Å². The van der Waals surface area contributed by atoms with Crippen LogP contribution in [0.2, 0.25) is 0 Å². The van der Waals surface area contributed by atoms with Gasteiger partial charge in [-0.25, -0.2) is 0 Å². The predicted octanol–water partition coefficient (Wildman–Crippen LogP) is 0.603. The molecule has 0 aliphatic heterocycles. The van der Waals surface area contributed by atoms with Gasteiger partial charge in [-0.1, -0.05) is 6.92 Å². The van der Waals surface area contributed by atoms with E-state index in [1.165, 1.54) is 0 Å². The molecule has 0 aromatic rings. The third kappa shape index (κ3) is 6.35. The molecule has 0 aromatic carbocycles. The van der Waals surface area contributed by atoms with Gasteiger partial charge >= 0.3 is 0 Å². The van der Waals surface area contributed by atoms with Gasteiger partial charge < -0.3 is 15.7 Å². The zero-order chi connectivity index (χ0) is 12.6. The number of nitrogens with one attached hydrogen (secondary N) is 2. The van der Waals surface area contributed by atoms with Crippen LogP contribution in [0.25, 0.3) is 0 Å². The molecule has 0 rings (SSSR count). The van der Waals surface area contributed by atoms with Crippen LogP contribution in [0.4, 0.5) is 0 Å². The van der Waals surface area contributed by atoms with Crippen LogP contribution in [0.3, 0.4) is 0 Å². The normalized spacial score (nSPS) is 16.6. The highest BCUT2D eigenvalue weighted by Gasteiger charge is 2.15. The molecule has 5 heteroatoms. The smallest absolute Gasteiger partial charge is 0.234 e. The maximum atomic E-state index is 11.5. The van der Waals surface area contributed by atoms with Crippen LogP contribution in [0.5, 0.6) is 0 Å². The fourth-order valence-electron chi connectivity index (χ4n) is 1.25. The molecular weight excluding hydrogens is 224 g/mol. The second kappa shape index (κ2) is 8.84. The quantitative estimate of drug-likeness (QED) is 0.589.